The minimum absolute atomic E-state index is 0.0322. The van der Waals surface area contributed by atoms with Gasteiger partial charge in [0.25, 0.3) is 0 Å². The van der Waals surface area contributed by atoms with E-state index in [1.165, 1.54) is 0 Å². The highest BCUT2D eigenvalue weighted by Gasteiger charge is 2.17. The molecule has 2 amide bonds. The first kappa shape index (κ1) is 19.9. The van der Waals surface area contributed by atoms with Crippen LogP contribution in [0.15, 0.2) is 46.9 Å². The van der Waals surface area contributed by atoms with Gasteiger partial charge < -0.3 is 15.8 Å². The first-order valence-electron chi connectivity index (χ1n) is 8.12. The number of nitrogens with two attached hydrogens (primary N) is 1. The lowest BCUT2D eigenvalue weighted by Gasteiger charge is -2.20. The summed E-state index contributed by atoms with van der Waals surface area (Å²) in [6.07, 6.45) is 0. The SMILES string of the molecule is COc1ccc([C@H](C)N[C@@H](C)C(=O)Nc2ccc(C(N)=O)cc2)cc1Br. The van der Waals surface area contributed by atoms with Crippen molar-refractivity contribution in [3.63, 3.8) is 0 Å². The zero-order chi connectivity index (χ0) is 19.3. The van der Waals surface area contributed by atoms with Crippen molar-refractivity contribution in [1.82, 2.24) is 5.32 Å². The molecule has 7 heteroatoms. The molecule has 26 heavy (non-hydrogen) atoms. The summed E-state index contributed by atoms with van der Waals surface area (Å²) in [6, 6.07) is 11.8. The van der Waals surface area contributed by atoms with Crippen molar-refractivity contribution >= 4 is 33.4 Å². The first-order valence-corrected chi connectivity index (χ1v) is 8.91. The van der Waals surface area contributed by atoms with E-state index in [0.717, 1.165) is 15.8 Å². The normalized spacial score (nSPS) is 12.9. The number of nitrogens with one attached hydrogen (secondary N) is 2. The van der Waals surface area contributed by atoms with E-state index in [2.05, 4.69) is 26.6 Å². The number of primary amides is 1. The number of ether oxygens (including phenoxy) is 1. The molecule has 4 N–H and O–H groups in total. The predicted octanol–water partition coefficient (Wildman–Crippen LogP) is 3.23. The van der Waals surface area contributed by atoms with Crippen LogP contribution in [0.5, 0.6) is 5.75 Å². The van der Waals surface area contributed by atoms with Crippen LogP contribution in [-0.4, -0.2) is 25.0 Å². The Hall–Kier alpha value is -2.38. The Kier molecular flexibility index (Phi) is 6.76. The van der Waals surface area contributed by atoms with Crippen LogP contribution in [0.3, 0.4) is 0 Å². The third kappa shape index (κ3) is 5.06. The lowest BCUT2D eigenvalue weighted by molar-refractivity contribution is -0.117. The number of hydrogen-bond donors (Lipinski definition) is 3. The Morgan fingerprint density at radius 2 is 1.77 bits per heavy atom. The second kappa shape index (κ2) is 8.82. The van der Waals surface area contributed by atoms with Crippen molar-refractivity contribution in [3.8, 4) is 5.75 Å². The Morgan fingerprint density at radius 3 is 2.31 bits per heavy atom. The minimum Gasteiger partial charge on any atom is -0.496 e. The molecule has 0 unspecified atom stereocenters. The van der Waals surface area contributed by atoms with E-state index in [1.54, 1.807) is 38.3 Å². The van der Waals surface area contributed by atoms with Gasteiger partial charge in [-0.25, -0.2) is 0 Å². The molecule has 0 aliphatic heterocycles. The van der Waals surface area contributed by atoms with E-state index in [4.69, 9.17) is 10.5 Å². The lowest BCUT2D eigenvalue weighted by Crippen LogP contribution is -2.39. The third-order valence-electron chi connectivity index (χ3n) is 4.01. The van der Waals surface area contributed by atoms with Gasteiger partial charge in [0.05, 0.1) is 17.6 Å². The molecule has 0 fully saturated rings. The molecular formula is C19H22BrN3O3. The van der Waals surface area contributed by atoms with E-state index < -0.39 is 11.9 Å². The molecule has 0 aromatic heterocycles. The molecule has 2 atom stereocenters. The van der Waals surface area contributed by atoms with Crippen LogP contribution in [-0.2, 0) is 4.79 Å². The van der Waals surface area contributed by atoms with E-state index in [9.17, 15) is 9.59 Å². The molecule has 2 aromatic carbocycles. The zero-order valence-corrected chi connectivity index (χ0v) is 16.5. The number of amides is 2. The molecule has 0 radical (unpaired) electrons. The van der Waals surface area contributed by atoms with Crippen LogP contribution in [0.4, 0.5) is 5.69 Å². The van der Waals surface area contributed by atoms with Gasteiger partial charge in [-0.3, -0.25) is 14.9 Å². The van der Waals surface area contributed by atoms with Gasteiger partial charge in [0.2, 0.25) is 11.8 Å². The van der Waals surface area contributed by atoms with Gasteiger partial charge >= 0.3 is 0 Å². The minimum atomic E-state index is -0.502. The first-order chi connectivity index (χ1) is 12.3. The Balaban J connectivity index is 1.97. The summed E-state index contributed by atoms with van der Waals surface area (Å²) in [7, 11) is 1.61. The van der Waals surface area contributed by atoms with Crippen LogP contribution in [0.2, 0.25) is 0 Å². The average molecular weight is 420 g/mol. The second-order valence-corrected chi connectivity index (χ2v) is 6.79. The molecule has 0 bridgehead atoms. The summed E-state index contributed by atoms with van der Waals surface area (Å²) in [5.41, 5.74) is 7.24. The monoisotopic (exact) mass is 419 g/mol. The quantitative estimate of drug-likeness (QED) is 0.641. The van der Waals surface area contributed by atoms with Gasteiger partial charge in [-0.15, -0.1) is 0 Å². The Morgan fingerprint density at radius 1 is 1.12 bits per heavy atom. The maximum Gasteiger partial charge on any atom is 0.248 e. The van der Waals surface area contributed by atoms with Crippen LogP contribution in [0.1, 0.15) is 35.8 Å². The van der Waals surface area contributed by atoms with E-state index in [0.29, 0.717) is 11.3 Å². The fraction of sp³-hybridized carbons (Fsp3) is 0.263. The average Bonchev–Trinajstić information content (AvgIpc) is 2.61. The molecule has 0 saturated carbocycles. The maximum absolute atomic E-state index is 12.4. The Bertz CT molecular complexity index is 793. The van der Waals surface area contributed by atoms with E-state index in [1.807, 2.05) is 25.1 Å². The van der Waals surface area contributed by atoms with Gasteiger partial charge in [-0.05, 0) is 71.7 Å². The molecule has 6 nitrogen and oxygen atoms in total. The van der Waals surface area contributed by atoms with Crippen molar-refractivity contribution in [2.75, 3.05) is 12.4 Å². The number of carbonyl (C=O) groups is 2. The summed E-state index contributed by atoms with van der Waals surface area (Å²) in [6.45, 7) is 3.78. The lowest BCUT2D eigenvalue weighted by atomic mass is 10.1. The number of benzene rings is 2. The summed E-state index contributed by atoms with van der Waals surface area (Å²) >= 11 is 3.47. The number of hydrogen-bond acceptors (Lipinski definition) is 4. The maximum atomic E-state index is 12.4. The van der Waals surface area contributed by atoms with Gasteiger partial charge in [0, 0.05) is 17.3 Å². The summed E-state index contributed by atoms with van der Waals surface area (Å²) < 4.78 is 6.09. The molecule has 0 spiro atoms. The topological polar surface area (TPSA) is 93.4 Å². The van der Waals surface area contributed by atoms with Crippen molar-refractivity contribution in [1.29, 1.82) is 0 Å². The highest BCUT2D eigenvalue weighted by atomic mass is 79.9. The molecule has 0 aliphatic rings. The molecular weight excluding hydrogens is 398 g/mol. The number of methoxy groups -OCH3 is 1. The summed E-state index contributed by atoms with van der Waals surface area (Å²) in [4.78, 5) is 23.4. The van der Waals surface area contributed by atoms with Gasteiger partial charge in [0.1, 0.15) is 5.75 Å². The predicted molar refractivity (Wildman–Crippen MR) is 105 cm³/mol. The molecule has 0 aliphatic carbocycles. The summed E-state index contributed by atoms with van der Waals surface area (Å²) in [5.74, 6) is 0.0831. The highest BCUT2D eigenvalue weighted by Crippen LogP contribution is 2.28. The standard InChI is InChI=1S/C19H22BrN3O3/c1-11(14-6-9-17(26-3)16(20)10-14)22-12(2)19(25)23-15-7-4-13(5-8-15)18(21)24/h4-12,22H,1-3H3,(H2,21,24)(H,23,25)/t11-,12-/m0/s1. The van der Waals surface area contributed by atoms with Crippen LogP contribution < -0.4 is 21.1 Å². The van der Waals surface area contributed by atoms with E-state index >= 15 is 0 Å². The second-order valence-electron chi connectivity index (χ2n) is 5.93. The van der Waals surface area contributed by atoms with Crippen LogP contribution in [0.25, 0.3) is 0 Å². The number of halogens is 1. The van der Waals surface area contributed by atoms with Crippen molar-refractivity contribution in [2.24, 2.45) is 5.73 Å². The highest BCUT2D eigenvalue weighted by molar-refractivity contribution is 9.10. The smallest absolute Gasteiger partial charge is 0.248 e. The molecule has 2 aromatic rings. The van der Waals surface area contributed by atoms with Crippen molar-refractivity contribution in [3.05, 3.63) is 58.1 Å². The fourth-order valence-electron chi connectivity index (χ4n) is 2.47. The molecule has 2 rings (SSSR count). The molecule has 0 saturated heterocycles. The van der Waals surface area contributed by atoms with Gasteiger partial charge in [-0.1, -0.05) is 6.07 Å². The number of rotatable bonds is 7. The molecule has 0 heterocycles. The largest absolute Gasteiger partial charge is 0.496 e. The van der Waals surface area contributed by atoms with E-state index in [-0.39, 0.29) is 11.9 Å². The van der Waals surface area contributed by atoms with Crippen molar-refractivity contribution in [2.45, 2.75) is 25.9 Å². The zero-order valence-electron chi connectivity index (χ0n) is 14.9. The number of carbonyl (C=O) groups excluding carboxylic acids is 2. The van der Waals surface area contributed by atoms with Crippen LogP contribution >= 0.6 is 15.9 Å². The third-order valence-corrected chi connectivity index (χ3v) is 4.63. The summed E-state index contributed by atoms with van der Waals surface area (Å²) in [5, 5.41) is 6.07. The Labute approximate surface area is 161 Å². The van der Waals surface area contributed by atoms with Crippen LogP contribution in [0, 0.1) is 0 Å². The van der Waals surface area contributed by atoms with Gasteiger partial charge in [-0.2, -0.15) is 0 Å². The molecule has 138 valence electrons. The number of anilines is 1. The van der Waals surface area contributed by atoms with Gasteiger partial charge in [0.15, 0.2) is 0 Å². The van der Waals surface area contributed by atoms with Crippen molar-refractivity contribution < 1.29 is 14.3 Å². The fourth-order valence-corrected chi connectivity index (χ4v) is 3.03.